The molecule has 1 aliphatic rings. The number of nitrogens with zero attached hydrogens (tertiary/aromatic N) is 3. The van der Waals surface area contributed by atoms with Gasteiger partial charge in [0.1, 0.15) is 6.07 Å². The van der Waals surface area contributed by atoms with E-state index in [9.17, 15) is 0 Å². The molecule has 1 atom stereocenters. The molecule has 16 heavy (non-hydrogen) atoms. The van der Waals surface area contributed by atoms with Crippen LogP contribution in [0.4, 0.5) is 0 Å². The van der Waals surface area contributed by atoms with E-state index in [1.54, 1.807) is 13.3 Å². The van der Waals surface area contributed by atoms with Gasteiger partial charge in [-0.25, -0.2) is 0 Å². The second-order valence-electron chi connectivity index (χ2n) is 4.17. The molecule has 4 heteroatoms. The number of aromatic nitrogens is 1. The van der Waals surface area contributed by atoms with E-state index >= 15 is 0 Å². The van der Waals surface area contributed by atoms with Gasteiger partial charge in [-0.2, -0.15) is 5.26 Å². The number of ether oxygens (including phenoxy) is 1. The highest BCUT2D eigenvalue weighted by Crippen LogP contribution is 2.27. The van der Waals surface area contributed by atoms with Gasteiger partial charge in [0.05, 0.1) is 18.9 Å². The fourth-order valence-electron chi connectivity index (χ4n) is 2.11. The van der Waals surface area contributed by atoms with E-state index in [0.29, 0.717) is 17.2 Å². The lowest BCUT2D eigenvalue weighted by Gasteiger charge is -2.11. The number of likely N-dealkylation sites (tertiary alicyclic amines) is 1. The Labute approximate surface area is 95.5 Å². The molecule has 0 saturated carbocycles. The SMILES string of the molecule is COc1cnc(C2CCN(C)C2)cc1C#N. The van der Waals surface area contributed by atoms with Gasteiger partial charge in [0.25, 0.3) is 0 Å². The van der Waals surface area contributed by atoms with Gasteiger partial charge in [0, 0.05) is 18.2 Å². The molecule has 1 fully saturated rings. The van der Waals surface area contributed by atoms with Gasteiger partial charge in [-0.15, -0.1) is 0 Å². The summed E-state index contributed by atoms with van der Waals surface area (Å²) in [6, 6.07) is 3.99. The molecule has 0 amide bonds. The average Bonchev–Trinajstić information content (AvgIpc) is 2.75. The van der Waals surface area contributed by atoms with Crippen LogP contribution in [0.5, 0.6) is 5.75 Å². The van der Waals surface area contributed by atoms with Crippen LogP contribution in [0.25, 0.3) is 0 Å². The van der Waals surface area contributed by atoms with Crippen LogP contribution in [0.1, 0.15) is 23.6 Å². The Morgan fingerprint density at radius 1 is 1.62 bits per heavy atom. The smallest absolute Gasteiger partial charge is 0.154 e. The third-order valence-electron chi connectivity index (χ3n) is 3.04. The summed E-state index contributed by atoms with van der Waals surface area (Å²) < 4.78 is 5.08. The molecule has 0 aliphatic carbocycles. The number of likely N-dealkylation sites (N-methyl/N-ethyl adjacent to an activating group) is 1. The standard InChI is InChI=1S/C12H15N3O/c1-15-4-3-9(8-15)11-5-10(6-13)12(16-2)7-14-11/h5,7,9H,3-4,8H2,1-2H3. The largest absolute Gasteiger partial charge is 0.494 e. The van der Waals surface area contributed by atoms with Gasteiger partial charge in [-0.05, 0) is 26.1 Å². The van der Waals surface area contributed by atoms with Gasteiger partial charge in [-0.1, -0.05) is 0 Å². The van der Waals surface area contributed by atoms with E-state index in [0.717, 1.165) is 25.2 Å². The molecule has 0 bridgehead atoms. The van der Waals surface area contributed by atoms with Gasteiger partial charge < -0.3 is 9.64 Å². The molecule has 1 aromatic heterocycles. The van der Waals surface area contributed by atoms with Crippen LogP contribution in [0, 0.1) is 11.3 Å². The highest BCUT2D eigenvalue weighted by molar-refractivity contribution is 5.42. The minimum Gasteiger partial charge on any atom is -0.494 e. The van der Waals surface area contributed by atoms with Crippen molar-refractivity contribution < 1.29 is 4.74 Å². The predicted octanol–water partition coefficient (Wildman–Crippen LogP) is 1.38. The fourth-order valence-corrected chi connectivity index (χ4v) is 2.11. The van der Waals surface area contributed by atoms with Crippen molar-refractivity contribution in [3.8, 4) is 11.8 Å². The second kappa shape index (κ2) is 4.50. The van der Waals surface area contributed by atoms with Crippen LogP contribution < -0.4 is 4.74 Å². The lowest BCUT2D eigenvalue weighted by atomic mass is 10.0. The number of nitriles is 1. The van der Waals surface area contributed by atoms with Gasteiger partial charge in [0.15, 0.2) is 5.75 Å². The van der Waals surface area contributed by atoms with Gasteiger partial charge >= 0.3 is 0 Å². The molecule has 1 aliphatic heterocycles. The van der Waals surface area contributed by atoms with Crippen molar-refractivity contribution in [3.63, 3.8) is 0 Å². The maximum Gasteiger partial charge on any atom is 0.154 e. The molecule has 1 aromatic rings. The number of hydrogen-bond acceptors (Lipinski definition) is 4. The first-order valence-corrected chi connectivity index (χ1v) is 5.37. The molecule has 2 heterocycles. The van der Waals surface area contributed by atoms with E-state index in [-0.39, 0.29) is 0 Å². The third-order valence-corrected chi connectivity index (χ3v) is 3.04. The molecule has 84 valence electrons. The van der Waals surface area contributed by atoms with Crippen LogP contribution in [0.3, 0.4) is 0 Å². The van der Waals surface area contributed by atoms with Crippen LogP contribution in [-0.4, -0.2) is 37.1 Å². The number of rotatable bonds is 2. The highest BCUT2D eigenvalue weighted by Gasteiger charge is 2.23. The van der Waals surface area contributed by atoms with Crippen molar-refractivity contribution in [3.05, 3.63) is 23.5 Å². The number of hydrogen-bond donors (Lipinski definition) is 0. The molecule has 4 nitrogen and oxygen atoms in total. The highest BCUT2D eigenvalue weighted by atomic mass is 16.5. The van der Waals surface area contributed by atoms with Crippen molar-refractivity contribution in [1.82, 2.24) is 9.88 Å². The summed E-state index contributed by atoms with van der Waals surface area (Å²) in [6.45, 7) is 2.12. The first-order valence-electron chi connectivity index (χ1n) is 5.37. The molecule has 1 saturated heterocycles. The van der Waals surface area contributed by atoms with Crippen LogP contribution in [0.2, 0.25) is 0 Å². The van der Waals surface area contributed by atoms with Crippen LogP contribution >= 0.6 is 0 Å². The zero-order valence-electron chi connectivity index (χ0n) is 9.60. The van der Waals surface area contributed by atoms with Gasteiger partial charge in [-0.3, -0.25) is 4.98 Å². The number of methoxy groups -OCH3 is 1. The third kappa shape index (κ3) is 2.00. The molecular formula is C12H15N3O. The molecule has 0 radical (unpaired) electrons. The summed E-state index contributed by atoms with van der Waals surface area (Å²) in [5.41, 5.74) is 1.57. The maximum absolute atomic E-state index is 9.00. The van der Waals surface area contributed by atoms with Crippen LogP contribution in [0.15, 0.2) is 12.3 Å². The van der Waals surface area contributed by atoms with E-state index < -0.39 is 0 Å². The summed E-state index contributed by atoms with van der Waals surface area (Å²) in [5.74, 6) is 1.00. The Morgan fingerprint density at radius 2 is 2.44 bits per heavy atom. The van der Waals surface area contributed by atoms with E-state index in [4.69, 9.17) is 10.00 Å². The Hall–Kier alpha value is -1.60. The molecule has 1 unspecified atom stereocenters. The minimum absolute atomic E-state index is 0.447. The number of pyridine rings is 1. The topological polar surface area (TPSA) is 49.1 Å². The molecule has 2 rings (SSSR count). The lowest BCUT2D eigenvalue weighted by molar-refractivity contribution is 0.407. The Kier molecular flexibility index (Phi) is 3.07. The fraction of sp³-hybridized carbons (Fsp3) is 0.500. The summed E-state index contributed by atoms with van der Waals surface area (Å²) >= 11 is 0. The Bertz CT molecular complexity index is 425. The quantitative estimate of drug-likeness (QED) is 0.751. The second-order valence-corrected chi connectivity index (χ2v) is 4.17. The first kappa shape index (κ1) is 10.9. The summed E-state index contributed by atoms with van der Waals surface area (Å²) in [5, 5.41) is 9.00. The summed E-state index contributed by atoms with van der Waals surface area (Å²) in [6.07, 6.45) is 2.76. The zero-order chi connectivity index (χ0) is 11.5. The van der Waals surface area contributed by atoms with E-state index in [1.165, 1.54) is 0 Å². The van der Waals surface area contributed by atoms with E-state index in [1.807, 2.05) is 6.07 Å². The van der Waals surface area contributed by atoms with E-state index in [2.05, 4.69) is 23.0 Å². The van der Waals surface area contributed by atoms with Crippen molar-refractivity contribution in [1.29, 1.82) is 5.26 Å². The summed E-state index contributed by atoms with van der Waals surface area (Å²) in [7, 11) is 3.66. The lowest BCUT2D eigenvalue weighted by Crippen LogP contribution is -2.13. The molecule has 0 N–H and O–H groups in total. The summed E-state index contributed by atoms with van der Waals surface area (Å²) in [4.78, 5) is 6.65. The monoisotopic (exact) mass is 217 g/mol. The predicted molar refractivity (Wildman–Crippen MR) is 60.4 cm³/mol. The van der Waals surface area contributed by atoms with Gasteiger partial charge in [0.2, 0.25) is 0 Å². The maximum atomic E-state index is 9.00. The van der Waals surface area contributed by atoms with Crippen LogP contribution in [-0.2, 0) is 0 Å². The van der Waals surface area contributed by atoms with Crippen molar-refractivity contribution >= 4 is 0 Å². The van der Waals surface area contributed by atoms with Crippen molar-refractivity contribution in [2.75, 3.05) is 27.2 Å². The molecular weight excluding hydrogens is 202 g/mol. The molecule has 0 spiro atoms. The average molecular weight is 217 g/mol. The molecule has 0 aromatic carbocycles. The normalized spacial score (nSPS) is 20.7. The van der Waals surface area contributed by atoms with Crippen molar-refractivity contribution in [2.24, 2.45) is 0 Å². The Balaban J connectivity index is 2.26. The minimum atomic E-state index is 0.447. The Morgan fingerprint density at radius 3 is 3.00 bits per heavy atom. The first-order chi connectivity index (χ1) is 7.74. The van der Waals surface area contributed by atoms with Crippen molar-refractivity contribution in [2.45, 2.75) is 12.3 Å². The zero-order valence-corrected chi connectivity index (χ0v) is 9.60.